The van der Waals surface area contributed by atoms with E-state index in [0.29, 0.717) is 16.3 Å². The molecule has 0 spiro atoms. The van der Waals surface area contributed by atoms with Gasteiger partial charge in [0.2, 0.25) is 5.82 Å². The molecule has 0 saturated carbocycles. The summed E-state index contributed by atoms with van der Waals surface area (Å²) in [4.78, 5) is 0.314. The lowest BCUT2D eigenvalue weighted by Crippen LogP contribution is -2.32. The summed E-state index contributed by atoms with van der Waals surface area (Å²) in [5.74, 6) is 1.11. The summed E-state index contributed by atoms with van der Waals surface area (Å²) in [6.45, 7) is 4.08. The Bertz CT molecular complexity index is 1080. The van der Waals surface area contributed by atoms with E-state index in [2.05, 4.69) is 20.6 Å². The average molecular weight is 384 g/mol. The van der Waals surface area contributed by atoms with Gasteiger partial charge in [-0.3, -0.25) is 0 Å². The molecular formula is C19H20N4O3S. The second-order valence-electron chi connectivity index (χ2n) is 7.33. The molecule has 0 unspecified atom stereocenters. The SMILES string of the molecule is CC1(C)CCc2cc(S(=O)(=O)Cc3cccc(-c4nn[nH]n4)c3)ccc2O1. The first-order valence-electron chi connectivity index (χ1n) is 8.70. The first kappa shape index (κ1) is 17.7. The van der Waals surface area contributed by atoms with Crippen LogP contribution in [-0.4, -0.2) is 34.6 Å². The van der Waals surface area contributed by atoms with E-state index in [9.17, 15) is 8.42 Å². The molecule has 4 rings (SSSR count). The van der Waals surface area contributed by atoms with Crippen molar-refractivity contribution in [3.8, 4) is 17.1 Å². The normalized spacial score (nSPS) is 15.8. The van der Waals surface area contributed by atoms with Gasteiger partial charge in [-0.1, -0.05) is 18.2 Å². The molecule has 1 aliphatic rings. The van der Waals surface area contributed by atoms with Crippen LogP contribution < -0.4 is 4.74 Å². The number of tetrazole rings is 1. The molecule has 8 heteroatoms. The van der Waals surface area contributed by atoms with Gasteiger partial charge in [-0.2, -0.15) is 5.21 Å². The molecular weight excluding hydrogens is 364 g/mol. The van der Waals surface area contributed by atoms with Crippen molar-refractivity contribution in [1.29, 1.82) is 0 Å². The van der Waals surface area contributed by atoms with Crippen molar-refractivity contribution in [2.45, 2.75) is 42.9 Å². The zero-order valence-corrected chi connectivity index (χ0v) is 16.0. The molecule has 3 aromatic rings. The average Bonchev–Trinajstić information content (AvgIpc) is 3.15. The predicted octanol–water partition coefficient (Wildman–Crippen LogP) is 2.94. The fourth-order valence-corrected chi connectivity index (χ4v) is 4.60. The summed E-state index contributed by atoms with van der Waals surface area (Å²) in [5.41, 5.74) is 2.11. The Morgan fingerprint density at radius 3 is 2.81 bits per heavy atom. The maximum atomic E-state index is 12.9. The highest BCUT2D eigenvalue weighted by molar-refractivity contribution is 7.90. The van der Waals surface area contributed by atoms with Crippen LogP contribution in [0.25, 0.3) is 11.4 Å². The maximum absolute atomic E-state index is 12.9. The lowest BCUT2D eigenvalue weighted by Gasteiger charge is -2.32. The third-order valence-corrected chi connectivity index (χ3v) is 6.35. The number of benzene rings is 2. The van der Waals surface area contributed by atoms with E-state index in [1.807, 2.05) is 19.9 Å². The molecule has 0 amide bonds. The molecule has 0 saturated heterocycles. The fourth-order valence-electron chi connectivity index (χ4n) is 3.22. The Morgan fingerprint density at radius 1 is 1.19 bits per heavy atom. The molecule has 1 aliphatic heterocycles. The number of H-pyrrole nitrogens is 1. The monoisotopic (exact) mass is 384 g/mol. The Labute approximate surface area is 157 Å². The van der Waals surface area contributed by atoms with Crippen LogP contribution in [0.15, 0.2) is 47.4 Å². The summed E-state index contributed by atoms with van der Waals surface area (Å²) in [5, 5.41) is 13.8. The Balaban J connectivity index is 1.60. The van der Waals surface area contributed by atoms with Crippen molar-refractivity contribution in [3.05, 3.63) is 53.6 Å². The number of aryl methyl sites for hydroxylation is 1. The quantitative estimate of drug-likeness (QED) is 0.743. The summed E-state index contributed by atoms with van der Waals surface area (Å²) in [7, 11) is -3.48. The summed E-state index contributed by atoms with van der Waals surface area (Å²) in [6, 6.07) is 12.3. The minimum Gasteiger partial charge on any atom is -0.488 e. The minimum absolute atomic E-state index is 0.0934. The molecule has 1 N–H and O–H groups in total. The molecule has 0 aliphatic carbocycles. The second-order valence-corrected chi connectivity index (χ2v) is 9.32. The number of nitrogens with zero attached hydrogens (tertiary/aromatic N) is 3. The zero-order valence-electron chi connectivity index (χ0n) is 15.1. The van der Waals surface area contributed by atoms with Gasteiger partial charge in [-0.25, -0.2) is 8.42 Å². The van der Waals surface area contributed by atoms with Crippen LogP contribution in [-0.2, 0) is 22.0 Å². The first-order chi connectivity index (χ1) is 12.8. The Morgan fingerprint density at radius 2 is 2.04 bits per heavy atom. The number of fused-ring (bicyclic) bond motifs is 1. The third-order valence-electron chi connectivity index (χ3n) is 4.66. The van der Waals surface area contributed by atoms with Crippen molar-refractivity contribution in [1.82, 2.24) is 20.6 Å². The van der Waals surface area contributed by atoms with Crippen molar-refractivity contribution in [3.63, 3.8) is 0 Å². The lowest BCUT2D eigenvalue weighted by atomic mass is 9.94. The summed E-state index contributed by atoms with van der Waals surface area (Å²) >= 11 is 0. The van der Waals surface area contributed by atoms with E-state index in [1.54, 1.807) is 36.4 Å². The van der Waals surface area contributed by atoms with Crippen molar-refractivity contribution in [2.24, 2.45) is 0 Å². The third kappa shape index (κ3) is 3.71. The van der Waals surface area contributed by atoms with Crippen molar-refractivity contribution in [2.75, 3.05) is 0 Å². The van der Waals surface area contributed by atoms with Gasteiger partial charge in [0.1, 0.15) is 11.4 Å². The largest absolute Gasteiger partial charge is 0.488 e. The highest BCUT2D eigenvalue weighted by atomic mass is 32.2. The van der Waals surface area contributed by atoms with E-state index >= 15 is 0 Å². The highest BCUT2D eigenvalue weighted by Crippen LogP contribution is 2.34. The van der Waals surface area contributed by atoms with Gasteiger partial charge < -0.3 is 4.74 Å². The lowest BCUT2D eigenvalue weighted by molar-refractivity contribution is 0.0845. The summed E-state index contributed by atoms with van der Waals surface area (Å²) in [6.07, 6.45) is 1.66. The number of hydrogen-bond donors (Lipinski definition) is 1. The number of hydrogen-bond acceptors (Lipinski definition) is 6. The van der Waals surface area contributed by atoms with Gasteiger partial charge in [0.15, 0.2) is 9.84 Å². The van der Waals surface area contributed by atoms with Crippen LogP contribution >= 0.6 is 0 Å². The molecule has 27 heavy (non-hydrogen) atoms. The number of ether oxygens (including phenoxy) is 1. The van der Waals surface area contributed by atoms with Crippen LogP contribution in [0.5, 0.6) is 5.75 Å². The predicted molar refractivity (Wildman–Crippen MR) is 100.0 cm³/mol. The molecule has 7 nitrogen and oxygen atoms in total. The van der Waals surface area contributed by atoms with Crippen LogP contribution in [0, 0.1) is 0 Å². The Hall–Kier alpha value is -2.74. The topological polar surface area (TPSA) is 97.8 Å². The van der Waals surface area contributed by atoms with E-state index in [-0.39, 0.29) is 11.4 Å². The zero-order chi connectivity index (χ0) is 19.1. The number of sulfone groups is 1. The molecule has 0 radical (unpaired) electrons. The number of aromatic nitrogens is 4. The number of aromatic amines is 1. The van der Waals surface area contributed by atoms with Crippen LogP contribution in [0.3, 0.4) is 0 Å². The number of nitrogens with one attached hydrogen (secondary N) is 1. The van der Waals surface area contributed by atoms with E-state index < -0.39 is 9.84 Å². The molecule has 140 valence electrons. The Kier molecular flexibility index (Phi) is 4.22. The standard InChI is InChI=1S/C19H20N4O3S/c1-19(2)9-8-14-11-16(6-7-17(14)26-19)27(24,25)12-13-4-3-5-15(10-13)18-20-22-23-21-18/h3-7,10-11H,8-9,12H2,1-2H3,(H,20,21,22,23). The second kappa shape index (κ2) is 6.45. The van der Waals surface area contributed by atoms with E-state index in [1.165, 1.54) is 0 Å². The van der Waals surface area contributed by atoms with Gasteiger partial charge in [0.25, 0.3) is 0 Å². The van der Waals surface area contributed by atoms with Gasteiger partial charge in [0.05, 0.1) is 10.6 Å². The van der Waals surface area contributed by atoms with Gasteiger partial charge in [-0.15, -0.1) is 10.2 Å². The summed E-state index contributed by atoms with van der Waals surface area (Å²) < 4.78 is 31.8. The maximum Gasteiger partial charge on any atom is 0.204 e. The van der Waals surface area contributed by atoms with E-state index in [0.717, 1.165) is 29.7 Å². The molecule has 2 heterocycles. The fraction of sp³-hybridized carbons (Fsp3) is 0.316. The van der Waals surface area contributed by atoms with Crippen LogP contribution in [0.1, 0.15) is 31.4 Å². The molecule has 0 fully saturated rings. The van der Waals surface area contributed by atoms with Gasteiger partial charge >= 0.3 is 0 Å². The number of rotatable bonds is 4. The van der Waals surface area contributed by atoms with Crippen molar-refractivity contribution >= 4 is 9.84 Å². The van der Waals surface area contributed by atoms with Crippen molar-refractivity contribution < 1.29 is 13.2 Å². The molecule has 0 atom stereocenters. The molecule has 1 aromatic heterocycles. The smallest absolute Gasteiger partial charge is 0.204 e. The highest BCUT2D eigenvalue weighted by Gasteiger charge is 2.28. The van der Waals surface area contributed by atoms with Gasteiger partial charge in [-0.05, 0) is 67.3 Å². The van der Waals surface area contributed by atoms with Crippen LogP contribution in [0.4, 0.5) is 0 Å². The van der Waals surface area contributed by atoms with E-state index in [4.69, 9.17) is 4.74 Å². The molecule has 2 aromatic carbocycles. The van der Waals surface area contributed by atoms with Gasteiger partial charge in [0, 0.05) is 5.56 Å². The first-order valence-corrected chi connectivity index (χ1v) is 10.4. The molecule has 0 bridgehead atoms. The minimum atomic E-state index is -3.48. The van der Waals surface area contributed by atoms with Crippen LogP contribution in [0.2, 0.25) is 0 Å².